The molecule has 19 heteroatoms. The Bertz CT molecular complexity index is 2740. The Labute approximate surface area is 420 Å². The average Bonchev–Trinajstić information content (AvgIpc) is 3.30. The number of hydrogen-bond acceptors (Lipinski definition) is 11. The van der Waals surface area contributed by atoms with E-state index < -0.39 is 52.8 Å². The lowest BCUT2D eigenvalue weighted by molar-refractivity contribution is -0.0435. The van der Waals surface area contributed by atoms with E-state index in [0.717, 1.165) is 86.8 Å². The second-order valence-corrected chi connectivity index (χ2v) is 25.3. The fourth-order valence-electron chi connectivity index (χ4n) is 9.37. The monoisotopic (exact) mass is 1050 g/mol. The van der Waals surface area contributed by atoms with Gasteiger partial charge in [0.05, 0.1) is 10.6 Å². The molecule has 70 heavy (non-hydrogen) atoms. The third-order valence-corrected chi connectivity index (χ3v) is 17.7. The van der Waals surface area contributed by atoms with Crippen molar-refractivity contribution >= 4 is 66.1 Å². The summed E-state index contributed by atoms with van der Waals surface area (Å²) in [5, 5.41) is 3.39. The van der Waals surface area contributed by atoms with Gasteiger partial charge in [0.15, 0.2) is 0 Å². The van der Waals surface area contributed by atoms with E-state index in [0.29, 0.717) is 55.0 Å². The third kappa shape index (κ3) is 13.5. The van der Waals surface area contributed by atoms with Gasteiger partial charge in [0.1, 0.15) is 10.7 Å². The van der Waals surface area contributed by atoms with Gasteiger partial charge in [-0.05, 0) is 124 Å². The second-order valence-electron chi connectivity index (χ2n) is 20.2. The largest absolute Gasteiger partial charge is 0.501 e. The second kappa shape index (κ2) is 21.9. The maximum absolute atomic E-state index is 15.1. The molecule has 4 aromatic carbocycles. The number of nitrogens with zero attached hydrogens (tertiary/aromatic N) is 4. The fraction of sp³-hybridized carbons (Fsp3) is 0.471. The molecule has 7 rings (SSSR count). The zero-order valence-electron chi connectivity index (χ0n) is 40.3. The van der Waals surface area contributed by atoms with Crippen molar-refractivity contribution in [2.24, 2.45) is 5.41 Å². The van der Waals surface area contributed by atoms with Crippen LogP contribution in [-0.4, -0.2) is 126 Å². The highest BCUT2D eigenvalue weighted by Gasteiger charge is 2.48. The van der Waals surface area contributed by atoms with Gasteiger partial charge in [-0.2, -0.15) is 13.2 Å². The van der Waals surface area contributed by atoms with Crippen molar-refractivity contribution in [3.05, 3.63) is 119 Å². The molecule has 11 nitrogen and oxygen atoms in total. The van der Waals surface area contributed by atoms with Crippen LogP contribution in [0.4, 0.5) is 28.9 Å². The number of benzene rings is 4. The minimum Gasteiger partial charge on any atom is -0.380 e. The summed E-state index contributed by atoms with van der Waals surface area (Å²) in [5.41, 5.74) is -2.42. The third-order valence-electron chi connectivity index (χ3n) is 13.5. The molecule has 1 amide bonds. The van der Waals surface area contributed by atoms with Crippen LogP contribution in [0.3, 0.4) is 0 Å². The first-order chi connectivity index (χ1) is 32.9. The highest BCUT2D eigenvalue weighted by atomic mass is 35.5. The Balaban J connectivity index is 1.02. The summed E-state index contributed by atoms with van der Waals surface area (Å²) < 4.78 is 114. The molecule has 4 aromatic rings. The number of sulfone groups is 1. The Hall–Kier alpha value is -4.17. The highest BCUT2D eigenvalue weighted by Crippen LogP contribution is 2.44. The van der Waals surface area contributed by atoms with Crippen molar-refractivity contribution in [2.45, 2.75) is 92.1 Å². The lowest BCUT2D eigenvalue weighted by atomic mass is 9.72. The van der Waals surface area contributed by atoms with Crippen LogP contribution in [-0.2, 0) is 19.9 Å². The summed E-state index contributed by atoms with van der Waals surface area (Å²) in [6.07, 6.45) is 3.04. The van der Waals surface area contributed by atoms with Crippen molar-refractivity contribution in [2.75, 3.05) is 81.4 Å². The minimum absolute atomic E-state index is 0.0118. The van der Waals surface area contributed by atoms with Gasteiger partial charge < -0.3 is 15.1 Å². The highest BCUT2D eigenvalue weighted by molar-refractivity contribution is 7.99. The number of carbonyl (C=O) groups excluding carboxylic acids is 1. The van der Waals surface area contributed by atoms with Crippen LogP contribution in [0.5, 0.6) is 0 Å². The van der Waals surface area contributed by atoms with E-state index in [2.05, 4.69) is 59.5 Å². The molecule has 1 aliphatic carbocycles. The molecule has 2 fully saturated rings. The van der Waals surface area contributed by atoms with Crippen molar-refractivity contribution in [3.8, 4) is 0 Å². The molecule has 0 aromatic heterocycles. The van der Waals surface area contributed by atoms with E-state index in [1.807, 2.05) is 35.1 Å². The number of alkyl halides is 3. The first-order valence-electron chi connectivity index (χ1n) is 23.6. The topological polar surface area (TPSA) is 122 Å². The van der Waals surface area contributed by atoms with Crippen molar-refractivity contribution in [3.63, 3.8) is 0 Å². The number of thioether (sulfide) groups is 1. The molecule has 0 saturated carbocycles. The van der Waals surface area contributed by atoms with Gasteiger partial charge >= 0.3 is 5.51 Å². The first kappa shape index (κ1) is 53.6. The number of anilines is 2. The minimum atomic E-state index is -6.08. The van der Waals surface area contributed by atoms with Gasteiger partial charge in [-0.1, -0.05) is 55.3 Å². The Kier molecular flexibility index (Phi) is 16.8. The predicted molar refractivity (Wildman–Crippen MR) is 272 cm³/mol. The molecular weight excluding hydrogens is 984 g/mol. The molecule has 2 saturated heterocycles. The van der Waals surface area contributed by atoms with Gasteiger partial charge in [0.2, 0.25) is 0 Å². The molecular formula is C51H63ClF4N6O5S3. The van der Waals surface area contributed by atoms with Crippen molar-refractivity contribution < 1.29 is 39.2 Å². The van der Waals surface area contributed by atoms with Gasteiger partial charge in [-0.25, -0.2) is 25.9 Å². The Morgan fingerprint density at radius 2 is 1.49 bits per heavy atom. The van der Waals surface area contributed by atoms with E-state index in [-0.39, 0.29) is 22.3 Å². The number of halogens is 5. The summed E-state index contributed by atoms with van der Waals surface area (Å²) in [7, 11) is -10.9. The number of hydrogen-bond donors (Lipinski definition) is 2. The zero-order valence-corrected chi connectivity index (χ0v) is 43.5. The SMILES string of the molecule is CC1(C)CCC(c2ccc(Cl)cc2F)=C(CN2CCN(c3ccc(C(=O)NS(=O)(=O)c4ccc(NC(CCN5CCN(C(C)(C)C)CC5)CSc5ccccc5)c(S(=O)(=O)C(F)(F)F)c4)cc3)CC2)C1. The molecule has 0 bridgehead atoms. The van der Waals surface area contributed by atoms with Crippen LogP contribution in [0.2, 0.25) is 5.02 Å². The number of nitrogens with one attached hydrogen (secondary N) is 2. The number of sulfonamides is 1. The zero-order chi connectivity index (χ0) is 50.6. The van der Waals surface area contributed by atoms with Crippen LogP contribution >= 0.6 is 23.4 Å². The number of carbonyl (C=O) groups is 1. The maximum Gasteiger partial charge on any atom is 0.501 e. The lowest BCUT2D eigenvalue weighted by Crippen LogP contribution is -2.53. The van der Waals surface area contributed by atoms with Crippen LogP contribution in [0.15, 0.2) is 111 Å². The fourth-order valence-corrected chi connectivity index (χ4v) is 12.5. The molecule has 3 aliphatic rings. The maximum atomic E-state index is 15.1. The molecule has 1 atom stereocenters. The van der Waals surface area contributed by atoms with Crippen LogP contribution < -0.4 is 14.9 Å². The smallest absolute Gasteiger partial charge is 0.380 e. The molecule has 2 N–H and O–H groups in total. The summed E-state index contributed by atoms with van der Waals surface area (Å²) in [6.45, 7) is 18.3. The van der Waals surface area contributed by atoms with E-state index in [4.69, 9.17) is 11.6 Å². The van der Waals surface area contributed by atoms with E-state index >= 15 is 4.39 Å². The first-order valence-corrected chi connectivity index (χ1v) is 27.9. The standard InChI is InChI=1S/C51H63ClF4N6O5S3/c1-49(2,3)62-29-25-59(26-30-62)22-20-39(35-68-41-9-7-6-8-10-41)57-46-18-16-42(32-47(46)69(64,65)51(54,55)56)70(66,67)58-48(63)36-11-14-40(15-12-36)61-27-23-60(24-28-61)34-37-33-50(4,5)21-19-43(37)44-17-13-38(52)31-45(44)53/h6-18,31-32,39,57H,19-30,33-35H2,1-5H3,(H,58,63). The summed E-state index contributed by atoms with van der Waals surface area (Å²) >= 11 is 7.52. The average molecular weight is 1050 g/mol. The van der Waals surface area contributed by atoms with Crippen LogP contribution in [0.1, 0.15) is 76.2 Å². The van der Waals surface area contributed by atoms with Crippen LogP contribution in [0, 0.1) is 11.2 Å². The quantitative estimate of drug-likeness (QED) is 0.0824. The van der Waals surface area contributed by atoms with Gasteiger partial charge in [0.25, 0.3) is 25.8 Å². The Morgan fingerprint density at radius 1 is 0.829 bits per heavy atom. The van der Waals surface area contributed by atoms with Gasteiger partial charge in [0, 0.05) is 110 Å². The molecule has 2 aliphatic heterocycles. The number of allylic oxidation sites excluding steroid dienone is 1. The molecule has 1 unspecified atom stereocenters. The molecule has 2 heterocycles. The molecule has 380 valence electrons. The number of piperazine rings is 2. The predicted octanol–water partition coefficient (Wildman–Crippen LogP) is 10.1. The van der Waals surface area contributed by atoms with Crippen LogP contribution in [0.25, 0.3) is 5.57 Å². The van der Waals surface area contributed by atoms with E-state index in [9.17, 15) is 34.8 Å². The lowest BCUT2D eigenvalue weighted by Gasteiger charge is -2.42. The van der Waals surface area contributed by atoms with Gasteiger partial charge in [-0.3, -0.25) is 14.6 Å². The summed E-state index contributed by atoms with van der Waals surface area (Å²) in [5.74, 6) is -0.996. The number of amides is 1. The van der Waals surface area contributed by atoms with Crippen molar-refractivity contribution in [1.82, 2.24) is 19.4 Å². The summed E-state index contributed by atoms with van der Waals surface area (Å²) in [4.78, 5) is 21.4. The molecule has 0 radical (unpaired) electrons. The normalized spacial score (nSPS) is 18.5. The molecule has 0 spiro atoms. The number of rotatable bonds is 16. The van der Waals surface area contributed by atoms with E-state index in [1.54, 1.807) is 24.3 Å². The Morgan fingerprint density at radius 3 is 2.11 bits per heavy atom. The summed E-state index contributed by atoms with van der Waals surface area (Å²) in [6, 6.07) is 22.5. The van der Waals surface area contributed by atoms with E-state index in [1.165, 1.54) is 35.5 Å². The van der Waals surface area contributed by atoms with Gasteiger partial charge in [-0.15, -0.1) is 11.8 Å². The van der Waals surface area contributed by atoms with Crippen molar-refractivity contribution in [1.29, 1.82) is 0 Å².